The number of hydrogen-bond donors (Lipinski definition) is 6. The molecule has 11 nitrogen and oxygen atoms in total. The lowest BCUT2D eigenvalue weighted by Crippen LogP contribution is -2.54. The van der Waals surface area contributed by atoms with Gasteiger partial charge in [-0.25, -0.2) is 4.98 Å². The summed E-state index contributed by atoms with van der Waals surface area (Å²) in [6, 6.07) is 17.8. The molecule has 4 atom stereocenters. The second-order valence-electron chi connectivity index (χ2n) is 10.4. The SMILES string of the molecule is OCC(CO)(CO)NCc1ccc(-c2ccc(-c3nc4nc(O[C@@H]5CO[C@H]6[C@@H]5OC[C@H]6O)[nH]c4cc3Cl)cc2)cc1. The molecule has 4 aromatic rings. The van der Waals surface area contributed by atoms with Gasteiger partial charge in [0.2, 0.25) is 0 Å². The summed E-state index contributed by atoms with van der Waals surface area (Å²) in [7, 11) is 0. The topological polar surface area (TPSA) is 162 Å². The first-order valence-electron chi connectivity index (χ1n) is 13.3. The number of H-pyrrole nitrogens is 1. The highest BCUT2D eigenvalue weighted by Crippen LogP contribution is 2.33. The highest BCUT2D eigenvalue weighted by atomic mass is 35.5. The first-order chi connectivity index (χ1) is 19.9. The second-order valence-corrected chi connectivity index (χ2v) is 10.8. The zero-order valence-electron chi connectivity index (χ0n) is 22.0. The maximum Gasteiger partial charge on any atom is 0.296 e. The van der Waals surface area contributed by atoms with E-state index in [1.807, 2.05) is 48.5 Å². The zero-order chi connectivity index (χ0) is 28.6. The number of nitrogens with one attached hydrogen (secondary N) is 2. The molecule has 2 saturated heterocycles. The Bertz CT molecular complexity index is 1490. The van der Waals surface area contributed by atoms with Crippen LogP contribution in [0.4, 0.5) is 0 Å². The predicted octanol–water partition coefficient (Wildman–Crippen LogP) is 1.66. The molecule has 0 unspecified atom stereocenters. The number of aliphatic hydroxyl groups is 4. The third-order valence-electron chi connectivity index (χ3n) is 7.67. The molecule has 0 bridgehead atoms. The molecule has 2 aliphatic rings. The van der Waals surface area contributed by atoms with E-state index in [9.17, 15) is 20.4 Å². The molecule has 2 aromatic carbocycles. The van der Waals surface area contributed by atoms with Crippen LogP contribution in [0.15, 0.2) is 54.6 Å². The van der Waals surface area contributed by atoms with E-state index >= 15 is 0 Å². The van der Waals surface area contributed by atoms with Gasteiger partial charge in [0.05, 0.1) is 54.8 Å². The van der Waals surface area contributed by atoms with E-state index in [4.69, 9.17) is 25.8 Å². The molecule has 41 heavy (non-hydrogen) atoms. The number of rotatable bonds is 10. The van der Waals surface area contributed by atoms with Crippen LogP contribution >= 0.6 is 11.6 Å². The van der Waals surface area contributed by atoms with E-state index in [1.54, 1.807) is 6.07 Å². The lowest BCUT2D eigenvalue weighted by molar-refractivity contribution is 0.00706. The van der Waals surface area contributed by atoms with Crippen LogP contribution in [-0.2, 0) is 16.0 Å². The highest BCUT2D eigenvalue weighted by Gasteiger charge is 2.48. The van der Waals surface area contributed by atoms with E-state index in [-0.39, 0.29) is 44.6 Å². The van der Waals surface area contributed by atoms with Crippen molar-refractivity contribution >= 4 is 22.8 Å². The molecule has 0 amide bonds. The monoisotopic (exact) mass is 582 g/mol. The van der Waals surface area contributed by atoms with Gasteiger partial charge in [-0.15, -0.1) is 0 Å². The number of pyridine rings is 1. The highest BCUT2D eigenvalue weighted by molar-refractivity contribution is 6.33. The smallest absolute Gasteiger partial charge is 0.296 e. The van der Waals surface area contributed by atoms with Crippen molar-refractivity contribution in [2.24, 2.45) is 0 Å². The zero-order valence-corrected chi connectivity index (χ0v) is 22.8. The van der Waals surface area contributed by atoms with Crippen LogP contribution < -0.4 is 10.1 Å². The van der Waals surface area contributed by atoms with Crippen LogP contribution in [0, 0.1) is 0 Å². The van der Waals surface area contributed by atoms with Gasteiger partial charge < -0.3 is 44.9 Å². The summed E-state index contributed by atoms with van der Waals surface area (Å²) in [6.45, 7) is -0.206. The van der Waals surface area contributed by atoms with Gasteiger partial charge in [-0.05, 0) is 22.8 Å². The number of aromatic nitrogens is 3. The summed E-state index contributed by atoms with van der Waals surface area (Å²) in [5.41, 5.74) is 4.37. The quantitative estimate of drug-likeness (QED) is 0.162. The first kappa shape index (κ1) is 28.0. The van der Waals surface area contributed by atoms with E-state index in [2.05, 4.69) is 20.3 Å². The molecule has 6 rings (SSSR count). The fraction of sp³-hybridized carbons (Fsp3) is 0.379. The summed E-state index contributed by atoms with van der Waals surface area (Å²) in [4.78, 5) is 12.3. The minimum atomic E-state index is -1.12. The Kier molecular flexibility index (Phi) is 7.94. The van der Waals surface area contributed by atoms with Crippen molar-refractivity contribution < 1.29 is 34.6 Å². The van der Waals surface area contributed by atoms with Gasteiger partial charge in [0.25, 0.3) is 6.01 Å². The Hall–Kier alpha value is -3.13. The molecule has 0 aliphatic carbocycles. The number of imidazole rings is 1. The lowest BCUT2D eigenvalue weighted by Gasteiger charge is -2.28. The number of nitrogens with zero attached hydrogens (tertiary/aromatic N) is 2. The summed E-state index contributed by atoms with van der Waals surface area (Å²) in [6.07, 6.45) is -1.78. The molecule has 2 aromatic heterocycles. The van der Waals surface area contributed by atoms with Crippen LogP contribution in [0.1, 0.15) is 5.56 Å². The minimum Gasteiger partial charge on any atom is -0.456 e. The van der Waals surface area contributed by atoms with E-state index in [0.717, 1.165) is 22.3 Å². The maximum atomic E-state index is 9.95. The summed E-state index contributed by atoms with van der Waals surface area (Å²) in [5, 5.41) is 41.9. The third-order valence-corrected chi connectivity index (χ3v) is 7.96. The number of aromatic amines is 1. The summed E-state index contributed by atoms with van der Waals surface area (Å²) in [5.74, 6) is 0. The number of halogens is 1. The Balaban J connectivity index is 1.14. The fourth-order valence-corrected chi connectivity index (χ4v) is 5.35. The van der Waals surface area contributed by atoms with Crippen LogP contribution in [0.25, 0.3) is 33.5 Å². The predicted molar refractivity (Wildman–Crippen MR) is 151 cm³/mol. The average molecular weight is 583 g/mol. The van der Waals surface area contributed by atoms with Crippen molar-refractivity contribution in [2.45, 2.75) is 36.5 Å². The number of hydrogen-bond acceptors (Lipinski definition) is 10. The van der Waals surface area contributed by atoms with E-state index in [0.29, 0.717) is 35.0 Å². The van der Waals surface area contributed by atoms with Crippen molar-refractivity contribution in [2.75, 3.05) is 33.0 Å². The standard InChI is InChI=1S/C29H31ClN4O7/c30-20-9-21-27(34-28(32-21)41-23-12-40-25-22(38)11-39-26(23)25)33-24(20)19-7-5-18(6-8-19)17-3-1-16(2-4-17)10-31-29(13-35,14-36)15-37/h1-9,22-23,25-26,31,35-38H,10-15H2,(H,32,33,34)/t22-,23-,25-,26-/m1/s1. The Morgan fingerprint density at radius 1 is 0.902 bits per heavy atom. The maximum absolute atomic E-state index is 9.95. The van der Waals surface area contributed by atoms with Gasteiger partial charge in [0.15, 0.2) is 11.8 Å². The normalized spacial score (nSPS) is 22.4. The minimum absolute atomic E-state index is 0.222. The largest absolute Gasteiger partial charge is 0.456 e. The molecule has 216 valence electrons. The number of ether oxygens (including phenoxy) is 3. The molecule has 0 radical (unpaired) electrons. The van der Waals surface area contributed by atoms with Crippen LogP contribution in [0.5, 0.6) is 6.01 Å². The van der Waals surface area contributed by atoms with Crippen molar-refractivity contribution in [1.29, 1.82) is 0 Å². The summed E-state index contributed by atoms with van der Waals surface area (Å²) >= 11 is 6.60. The molecule has 12 heteroatoms. The number of aliphatic hydroxyl groups excluding tert-OH is 4. The molecular weight excluding hydrogens is 552 g/mol. The molecule has 2 fully saturated rings. The fourth-order valence-electron chi connectivity index (χ4n) is 5.09. The second kappa shape index (κ2) is 11.6. The van der Waals surface area contributed by atoms with Crippen molar-refractivity contribution in [3.8, 4) is 28.4 Å². The molecule has 6 N–H and O–H groups in total. The Morgan fingerprint density at radius 2 is 1.54 bits per heavy atom. The Labute approximate surface area is 240 Å². The van der Waals surface area contributed by atoms with Crippen molar-refractivity contribution in [3.63, 3.8) is 0 Å². The van der Waals surface area contributed by atoms with Gasteiger partial charge >= 0.3 is 0 Å². The molecular formula is C29H31ClN4O7. The molecule has 4 heterocycles. The molecule has 0 spiro atoms. The number of benzene rings is 2. The van der Waals surface area contributed by atoms with Crippen LogP contribution in [0.3, 0.4) is 0 Å². The first-order valence-corrected chi connectivity index (χ1v) is 13.7. The van der Waals surface area contributed by atoms with E-state index < -0.39 is 17.7 Å². The van der Waals surface area contributed by atoms with Crippen molar-refractivity contribution in [3.05, 3.63) is 65.2 Å². The molecule has 2 aliphatic heterocycles. The van der Waals surface area contributed by atoms with Crippen molar-refractivity contribution in [1.82, 2.24) is 20.3 Å². The van der Waals surface area contributed by atoms with Crippen LogP contribution in [-0.4, -0.2) is 98.4 Å². The van der Waals surface area contributed by atoms with Crippen LogP contribution in [0.2, 0.25) is 5.02 Å². The Morgan fingerprint density at radius 3 is 2.22 bits per heavy atom. The van der Waals surface area contributed by atoms with E-state index in [1.165, 1.54) is 0 Å². The van der Waals surface area contributed by atoms with Gasteiger partial charge in [-0.2, -0.15) is 4.98 Å². The summed E-state index contributed by atoms with van der Waals surface area (Å²) < 4.78 is 17.2. The molecule has 0 saturated carbocycles. The van der Waals surface area contributed by atoms with Gasteiger partial charge in [-0.3, -0.25) is 0 Å². The average Bonchev–Trinajstić information content (AvgIpc) is 3.70. The van der Waals surface area contributed by atoms with Gasteiger partial charge in [-0.1, -0.05) is 60.1 Å². The third kappa shape index (κ3) is 5.55. The number of fused-ring (bicyclic) bond motifs is 2. The van der Waals surface area contributed by atoms with Gasteiger partial charge in [0, 0.05) is 12.1 Å². The lowest BCUT2D eigenvalue weighted by atomic mass is 10.00. The van der Waals surface area contributed by atoms with Gasteiger partial charge in [0.1, 0.15) is 18.3 Å².